The zero-order valence-electron chi connectivity index (χ0n) is 10.5. The molecule has 0 radical (unpaired) electrons. The Kier molecular flexibility index (Phi) is 4.53. The maximum absolute atomic E-state index is 5.25. The van der Waals surface area contributed by atoms with Crippen LogP contribution >= 0.6 is 0 Å². The average Bonchev–Trinajstić information content (AvgIpc) is 2.45. The molecule has 2 nitrogen and oxygen atoms in total. The molecular formula is C16H17NO. The number of methoxy groups -OCH3 is 1. The smallest absolute Gasteiger partial charge is 0.144 e. The van der Waals surface area contributed by atoms with E-state index in [1.807, 2.05) is 36.5 Å². The van der Waals surface area contributed by atoms with Gasteiger partial charge in [-0.3, -0.25) is 4.99 Å². The molecule has 0 bridgehead atoms. The van der Waals surface area contributed by atoms with Crippen molar-refractivity contribution in [1.82, 2.24) is 0 Å². The second kappa shape index (κ2) is 6.60. The number of aryl methyl sites for hydroxylation is 1. The number of aliphatic imine (C=N–C) groups is 1. The predicted molar refractivity (Wildman–Crippen MR) is 75.9 cm³/mol. The summed E-state index contributed by atoms with van der Waals surface area (Å²) < 4.78 is 5.25. The lowest BCUT2D eigenvalue weighted by Crippen LogP contribution is -1.86. The van der Waals surface area contributed by atoms with Gasteiger partial charge in [0.1, 0.15) is 11.4 Å². The van der Waals surface area contributed by atoms with E-state index >= 15 is 0 Å². The number of rotatable bonds is 5. The van der Waals surface area contributed by atoms with Crippen LogP contribution in [0.3, 0.4) is 0 Å². The van der Waals surface area contributed by atoms with Crippen LogP contribution in [0.2, 0.25) is 0 Å². The summed E-state index contributed by atoms with van der Waals surface area (Å²) >= 11 is 0. The predicted octanol–water partition coefficient (Wildman–Crippen LogP) is 4.03. The molecule has 0 N–H and O–H groups in total. The highest BCUT2D eigenvalue weighted by Crippen LogP contribution is 2.25. The number of hydrogen-bond acceptors (Lipinski definition) is 2. The molecule has 0 saturated heterocycles. The van der Waals surface area contributed by atoms with E-state index in [1.165, 1.54) is 5.56 Å². The van der Waals surface area contributed by atoms with Crippen LogP contribution in [-0.4, -0.2) is 13.3 Å². The first-order valence-electron chi connectivity index (χ1n) is 6.09. The zero-order valence-corrected chi connectivity index (χ0v) is 10.5. The molecule has 2 aromatic rings. The molecule has 18 heavy (non-hydrogen) atoms. The lowest BCUT2D eigenvalue weighted by Gasteiger charge is -2.02. The van der Waals surface area contributed by atoms with E-state index in [9.17, 15) is 0 Å². The third-order valence-electron chi connectivity index (χ3n) is 2.72. The fraction of sp³-hybridized carbons (Fsp3) is 0.188. The van der Waals surface area contributed by atoms with Crippen molar-refractivity contribution in [2.75, 3.05) is 7.11 Å². The minimum atomic E-state index is 0.813. The molecule has 92 valence electrons. The van der Waals surface area contributed by atoms with Gasteiger partial charge in [0, 0.05) is 6.21 Å². The third-order valence-corrected chi connectivity index (χ3v) is 2.72. The molecule has 2 aromatic carbocycles. The number of hydrogen-bond donors (Lipinski definition) is 0. The molecule has 0 unspecified atom stereocenters. The molecule has 0 atom stereocenters. The Morgan fingerprint density at radius 1 is 1.00 bits per heavy atom. The molecule has 2 rings (SSSR count). The maximum atomic E-state index is 5.25. The number of nitrogens with zero attached hydrogens (tertiary/aromatic N) is 1. The molecule has 0 saturated carbocycles. The van der Waals surface area contributed by atoms with E-state index in [2.05, 4.69) is 29.3 Å². The van der Waals surface area contributed by atoms with Crippen LogP contribution in [0.25, 0.3) is 0 Å². The molecule has 0 aliphatic heterocycles. The highest BCUT2D eigenvalue weighted by molar-refractivity contribution is 5.66. The van der Waals surface area contributed by atoms with Crippen molar-refractivity contribution in [2.45, 2.75) is 12.8 Å². The highest BCUT2D eigenvalue weighted by atomic mass is 16.5. The number of benzene rings is 2. The first kappa shape index (κ1) is 12.4. The summed E-state index contributed by atoms with van der Waals surface area (Å²) in [5, 5.41) is 0. The average molecular weight is 239 g/mol. The van der Waals surface area contributed by atoms with Crippen LogP contribution < -0.4 is 4.74 Å². The molecular weight excluding hydrogens is 222 g/mol. The minimum Gasteiger partial charge on any atom is -0.494 e. The van der Waals surface area contributed by atoms with Gasteiger partial charge >= 0.3 is 0 Å². The van der Waals surface area contributed by atoms with Crippen LogP contribution in [-0.2, 0) is 6.42 Å². The van der Waals surface area contributed by atoms with Crippen LogP contribution in [0.4, 0.5) is 5.69 Å². The summed E-state index contributed by atoms with van der Waals surface area (Å²) in [6, 6.07) is 18.2. The van der Waals surface area contributed by atoms with Gasteiger partial charge in [-0.25, -0.2) is 0 Å². The fourth-order valence-electron chi connectivity index (χ4n) is 1.78. The van der Waals surface area contributed by atoms with E-state index in [0.29, 0.717) is 0 Å². The Hall–Kier alpha value is -2.09. The van der Waals surface area contributed by atoms with E-state index in [-0.39, 0.29) is 0 Å². The normalized spacial score (nSPS) is 10.7. The van der Waals surface area contributed by atoms with Gasteiger partial charge in [0.25, 0.3) is 0 Å². The topological polar surface area (TPSA) is 21.6 Å². The van der Waals surface area contributed by atoms with Crippen molar-refractivity contribution in [3.8, 4) is 5.75 Å². The second-order valence-electron chi connectivity index (χ2n) is 4.01. The van der Waals surface area contributed by atoms with Crippen molar-refractivity contribution in [3.05, 3.63) is 60.2 Å². The molecule has 0 aliphatic carbocycles. The van der Waals surface area contributed by atoms with Crippen molar-refractivity contribution < 1.29 is 4.74 Å². The van der Waals surface area contributed by atoms with Gasteiger partial charge in [0.05, 0.1) is 7.11 Å². The van der Waals surface area contributed by atoms with Gasteiger partial charge in [-0.2, -0.15) is 0 Å². The maximum Gasteiger partial charge on any atom is 0.144 e. The summed E-state index contributed by atoms with van der Waals surface area (Å²) in [6.45, 7) is 0. The first-order valence-corrected chi connectivity index (χ1v) is 6.09. The van der Waals surface area contributed by atoms with E-state index in [1.54, 1.807) is 7.11 Å². The SMILES string of the molecule is COc1ccccc1N=CCCc1ccccc1. The minimum absolute atomic E-state index is 0.813. The molecule has 0 aliphatic rings. The monoisotopic (exact) mass is 239 g/mol. The Balaban J connectivity index is 1.92. The van der Waals surface area contributed by atoms with Gasteiger partial charge in [-0.05, 0) is 30.5 Å². The van der Waals surface area contributed by atoms with Gasteiger partial charge < -0.3 is 4.74 Å². The van der Waals surface area contributed by atoms with Crippen LogP contribution in [0.5, 0.6) is 5.75 Å². The number of para-hydroxylation sites is 2. The number of ether oxygens (including phenoxy) is 1. The van der Waals surface area contributed by atoms with E-state index in [0.717, 1.165) is 24.3 Å². The largest absolute Gasteiger partial charge is 0.494 e. The third kappa shape index (κ3) is 3.45. The van der Waals surface area contributed by atoms with E-state index in [4.69, 9.17) is 4.74 Å². The van der Waals surface area contributed by atoms with Gasteiger partial charge in [-0.1, -0.05) is 42.5 Å². The molecule has 2 heteroatoms. The Bertz CT molecular complexity index is 506. The Labute approximate surface area is 108 Å². The molecule has 0 amide bonds. The Morgan fingerprint density at radius 3 is 2.50 bits per heavy atom. The van der Waals surface area contributed by atoms with Gasteiger partial charge in [0.2, 0.25) is 0 Å². The van der Waals surface area contributed by atoms with Crippen molar-refractivity contribution in [2.24, 2.45) is 4.99 Å². The van der Waals surface area contributed by atoms with Crippen molar-refractivity contribution >= 4 is 11.9 Å². The van der Waals surface area contributed by atoms with E-state index < -0.39 is 0 Å². The summed E-state index contributed by atoms with van der Waals surface area (Å²) in [6.07, 6.45) is 3.90. The van der Waals surface area contributed by atoms with Crippen LogP contribution in [0.1, 0.15) is 12.0 Å². The quantitative estimate of drug-likeness (QED) is 0.722. The summed E-state index contributed by atoms with van der Waals surface area (Å²) in [5.41, 5.74) is 2.22. The van der Waals surface area contributed by atoms with Crippen molar-refractivity contribution in [1.29, 1.82) is 0 Å². The lowest BCUT2D eigenvalue weighted by atomic mass is 10.1. The highest BCUT2D eigenvalue weighted by Gasteiger charge is 1.97. The lowest BCUT2D eigenvalue weighted by molar-refractivity contribution is 0.416. The fourth-order valence-corrected chi connectivity index (χ4v) is 1.78. The van der Waals surface area contributed by atoms with Crippen molar-refractivity contribution in [3.63, 3.8) is 0 Å². The van der Waals surface area contributed by atoms with Crippen LogP contribution in [0.15, 0.2) is 59.6 Å². The first-order chi connectivity index (χ1) is 8.90. The summed E-state index contributed by atoms with van der Waals surface area (Å²) in [5.74, 6) is 0.813. The Morgan fingerprint density at radius 2 is 1.72 bits per heavy atom. The standard InChI is InChI=1S/C16H17NO/c1-18-16-12-6-5-11-15(16)17-13-7-10-14-8-3-2-4-9-14/h2-6,8-9,11-13H,7,10H2,1H3. The summed E-state index contributed by atoms with van der Waals surface area (Å²) in [7, 11) is 1.67. The molecule has 0 heterocycles. The van der Waals surface area contributed by atoms with Gasteiger partial charge in [-0.15, -0.1) is 0 Å². The van der Waals surface area contributed by atoms with Gasteiger partial charge in [0.15, 0.2) is 0 Å². The summed E-state index contributed by atoms with van der Waals surface area (Å²) in [4.78, 5) is 4.44. The van der Waals surface area contributed by atoms with Crippen LogP contribution in [0, 0.1) is 0 Å². The molecule has 0 spiro atoms. The zero-order chi connectivity index (χ0) is 12.6. The molecule has 0 fully saturated rings. The molecule has 0 aromatic heterocycles. The second-order valence-corrected chi connectivity index (χ2v) is 4.01.